The number of aliphatic carboxylic acids is 1. The Kier molecular flexibility index (Phi) is 4.08. The number of ether oxygens (including phenoxy) is 1. The number of fused-ring (bicyclic) bond motifs is 1. The van der Waals surface area contributed by atoms with E-state index in [1.165, 1.54) is 16.3 Å². The average Bonchev–Trinajstić information content (AvgIpc) is 3.15. The molecule has 4 N–H and O–H groups in total. The number of thiazole rings is 1. The number of aromatic nitrogens is 3. The summed E-state index contributed by atoms with van der Waals surface area (Å²) in [5.41, 5.74) is 5.09. The number of anilines is 1. The van der Waals surface area contributed by atoms with Gasteiger partial charge in [-0.1, -0.05) is 24.2 Å². The molecule has 2 fully saturated rings. The maximum atomic E-state index is 12.5. The summed E-state index contributed by atoms with van der Waals surface area (Å²) in [6, 6.07) is 0. The molecule has 1 aliphatic carbocycles. The summed E-state index contributed by atoms with van der Waals surface area (Å²) in [6.45, 7) is 0. The van der Waals surface area contributed by atoms with Crippen LogP contribution in [0.2, 0.25) is 0 Å². The van der Waals surface area contributed by atoms with Gasteiger partial charge in [-0.3, -0.25) is 23.9 Å². The second kappa shape index (κ2) is 6.15. The van der Waals surface area contributed by atoms with Crippen molar-refractivity contribution in [2.24, 2.45) is 5.92 Å². The topological polar surface area (TPSA) is 140 Å². The summed E-state index contributed by atoms with van der Waals surface area (Å²) in [5.74, 6) is -0.454. The van der Waals surface area contributed by atoms with Crippen molar-refractivity contribution >= 4 is 45.4 Å². The van der Waals surface area contributed by atoms with Gasteiger partial charge in [0.1, 0.15) is 10.1 Å². The molecule has 2 aromatic heterocycles. The van der Waals surface area contributed by atoms with Gasteiger partial charge in [-0.2, -0.15) is 4.98 Å². The molecule has 0 bridgehead atoms. The van der Waals surface area contributed by atoms with E-state index in [-0.39, 0.29) is 28.2 Å². The highest BCUT2D eigenvalue weighted by Gasteiger charge is 2.42. The minimum absolute atomic E-state index is 0.0981. The molecule has 1 aliphatic heterocycles. The summed E-state index contributed by atoms with van der Waals surface area (Å²) < 4.78 is 7.45. The third-order valence-electron chi connectivity index (χ3n) is 4.28. The van der Waals surface area contributed by atoms with Crippen LogP contribution in [0.5, 0.6) is 0 Å². The van der Waals surface area contributed by atoms with E-state index >= 15 is 0 Å². The SMILES string of the molecule is Nc1nc2c(sc(=O)n2C2OC(CC3CC3)SC2CC(=O)O)c(=O)[nH]1. The molecule has 0 spiro atoms. The zero-order valence-corrected chi connectivity index (χ0v) is 14.6. The van der Waals surface area contributed by atoms with Crippen molar-refractivity contribution in [1.82, 2.24) is 14.5 Å². The number of hydrogen-bond donors (Lipinski definition) is 3. The van der Waals surface area contributed by atoms with Gasteiger partial charge in [0.25, 0.3) is 5.56 Å². The van der Waals surface area contributed by atoms with Crippen LogP contribution in [0.3, 0.4) is 0 Å². The van der Waals surface area contributed by atoms with Gasteiger partial charge in [-0.15, -0.1) is 11.8 Å². The molecule has 134 valence electrons. The monoisotopic (exact) mass is 384 g/mol. The minimum atomic E-state index is -0.962. The Balaban J connectivity index is 1.76. The summed E-state index contributed by atoms with van der Waals surface area (Å²) in [7, 11) is 0. The number of carboxylic acid groups (broad SMARTS) is 1. The number of H-pyrrole nitrogens is 1. The maximum Gasteiger partial charge on any atom is 0.311 e. The predicted octanol–water partition coefficient (Wildman–Crippen LogP) is 0.960. The molecular formula is C14H16N4O5S2. The molecule has 4 rings (SSSR count). The number of nitrogens with one attached hydrogen (secondary N) is 1. The van der Waals surface area contributed by atoms with E-state index in [1.54, 1.807) is 0 Å². The van der Waals surface area contributed by atoms with Crippen LogP contribution in [0.15, 0.2) is 9.59 Å². The molecule has 2 aliphatic rings. The second-order valence-electron chi connectivity index (χ2n) is 6.25. The molecule has 3 unspecified atom stereocenters. The van der Waals surface area contributed by atoms with Crippen LogP contribution >= 0.6 is 23.1 Å². The van der Waals surface area contributed by atoms with E-state index in [0.29, 0.717) is 5.92 Å². The van der Waals surface area contributed by atoms with E-state index in [4.69, 9.17) is 10.5 Å². The Morgan fingerprint density at radius 2 is 2.20 bits per heavy atom. The number of aromatic amines is 1. The van der Waals surface area contributed by atoms with Crippen molar-refractivity contribution in [3.8, 4) is 0 Å². The standard InChI is InChI=1S/C14H16N4O5S2/c15-13-16-10-9(11(21)17-13)25-14(22)18(10)12-6(4-7(19)20)24-8(23-12)3-5-1-2-5/h5-6,8,12H,1-4H2,(H,19,20)(H3,15,16,17,21). The van der Waals surface area contributed by atoms with Crippen LogP contribution in [-0.2, 0) is 9.53 Å². The molecule has 3 atom stereocenters. The molecule has 1 saturated heterocycles. The molecule has 0 amide bonds. The van der Waals surface area contributed by atoms with Crippen molar-refractivity contribution in [3.05, 3.63) is 20.0 Å². The van der Waals surface area contributed by atoms with Gasteiger partial charge in [-0.25, -0.2) is 0 Å². The van der Waals surface area contributed by atoms with E-state index in [9.17, 15) is 19.5 Å². The quantitative estimate of drug-likeness (QED) is 0.692. The zero-order chi connectivity index (χ0) is 17.7. The Morgan fingerprint density at radius 1 is 1.44 bits per heavy atom. The third kappa shape index (κ3) is 3.18. The van der Waals surface area contributed by atoms with Crippen molar-refractivity contribution in [1.29, 1.82) is 0 Å². The molecule has 1 saturated carbocycles. The van der Waals surface area contributed by atoms with E-state index in [2.05, 4.69) is 9.97 Å². The van der Waals surface area contributed by atoms with Gasteiger partial charge in [0.2, 0.25) is 5.95 Å². The number of nitrogens with two attached hydrogens (primary N) is 1. The van der Waals surface area contributed by atoms with Crippen LogP contribution < -0.4 is 16.2 Å². The van der Waals surface area contributed by atoms with Gasteiger partial charge in [0, 0.05) is 0 Å². The smallest absolute Gasteiger partial charge is 0.311 e. The molecule has 25 heavy (non-hydrogen) atoms. The minimum Gasteiger partial charge on any atom is -0.481 e. The van der Waals surface area contributed by atoms with Crippen molar-refractivity contribution < 1.29 is 14.6 Å². The summed E-state index contributed by atoms with van der Waals surface area (Å²) in [6.07, 6.45) is 2.23. The van der Waals surface area contributed by atoms with Crippen molar-refractivity contribution in [2.45, 2.75) is 42.6 Å². The maximum absolute atomic E-state index is 12.5. The molecule has 0 radical (unpaired) electrons. The Hall–Kier alpha value is -1.85. The number of carboxylic acids is 1. The second-order valence-corrected chi connectivity index (χ2v) is 8.61. The highest BCUT2D eigenvalue weighted by Crippen LogP contribution is 2.47. The molecule has 2 aromatic rings. The Labute approximate surface area is 149 Å². The van der Waals surface area contributed by atoms with Crippen LogP contribution in [0.4, 0.5) is 5.95 Å². The van der Waals surface area contributed by atoms with Gasteiger partial charge in [0.05, 0.1) is 11.7 Å². The number of rotatable bonds is 5. The van der Waals surface area contributed by atoms with Crippen molar-refractivity contribution in [3.63, 3.8) is 0 Å². The Bertz CT molecular complexity index is 947. The lowest BCUT2D eigenvalue weighted by Crippen LogP contribution is -2.28. The number of carbonyl (C=O) groups is 1. The predicted molar refractivity (Wildman–Crippen MR) is 93.8 cm³/mol. The van der Waals surface area contributed by atoms with Gasteiger partial charge in [-0.05, 0) is 12.3 Å². The molecular weight excluding hydrogens is 368 g/mol. The first kappa shape index (κ1) is 16.6. The van der Waals surface area contributed by atoms with Gasteiger partial charge >= 0.3 is 10.8 Å². The largest absolute Gasteiger partial charge is 0.481 e. The van der Waals surface area contributed by atoms with Gasteiger partial charge < -0.3 is 15.6 Å². The first-order valence-corrected chi connectivity index (χ1v) is 9.62. The number of nitrogen functional groups attached to an aromatic ring is 1. The number of hydrogen-bond acceptors (Lipinski definition) is 8. The molecule has 9 nitrogen and oxygen atoms in total. The van der Waals surface area contributed by atoms with Crippen molar-refractivity contribution in [2.75, 3.05) is 5.73 Å². The lowest BCUT2D eigenvalue weighted by Gasteiger charge is -2.17. The summed E-state index contributed by atoms with van der Waals surface area (Å²) in [4.78, 5) is 41.7. The lowest BCUT2D eigenvalue weighted by atomic mass is 10.2. The Morgan fingerprint density at radius 3 is 2.88 bits per heavy atom. The molecule has 0 aromatic carbocycles. The third-order valence-corrected chi connectivity index (χ3v) is 6.58. The first-order valence-electron chi connectivity index (χ1n) is 7.86. The summed E-state index contributed by atoms with van der Waals surface area (Å²) in [5, 5.41) is 8.76. The highest BCUT2D eigenvalue weighted by atomic mass is 32.2. The number of nitrogens with zero attached hydrogens (tertiary/aromatic N) is 2. The van der Waals surface area contributed by atoms with E-state index in [0.717, 1.165) is 30.6 Å². The lowest BCUT2D eigenvalue weighted by molar-refractivity contribution is -0.137. The molecule has 11 heteroatoms. The number of thioether (sulfide) groups is 1. The van der Waals surface area contributed by atoms with Crippen LogP contribution in [0.25, 0.3) is 10.3 Å². The highest BCUT2D eigenvalue weighted by molar-refractivity contribution is 8.00. The summed E-state index contributed by atoms with van der Waals surface area (Å²) >= 11 is 2.19. The average molecular weight is 384 g/mol. The first-order chi connectivity index (χ1) is 11.9. The van der Waals surface area contributed by atoms with E-state index in [1.807, 2.05) is 0 Å². The van der Waals surface area contributed by atoms with Crippen LogP contribution in [0.1, 0.15) is 31.9 Å². The zero-order valence-electron chi connectivity index (χ0n) is 13.0. The fourth-order valence-corrected chi connectivity index (χ4v) is 5.35. The van der Waals surface area contributed by atoms with Crippen LogP contribution in [0, 0.1) is 5.92 Å². The fourth-order valence-electron chi connectivity index (χ4n) is 2.99. The normalized spacial score (nSPS) is 26.3. The van der Waals surface area contributed by atoms with Gasteiger partial charge in [0.15, 0.2) is 11.9 Å². The molecule has 3 heterocycles. The van der Waals surface area contributed by atoms with Crippen LogP contribution in [-0.4, -0.2) is 36.3 Å². The fraction of sp³-hybridized carbons (Fsp3) is 0.571. The van der Waals surface area contributed by atoms with E-state index < -0.39 is 27.9 Å².